The van der Waals surface area contributed by atoms with Crippen LogP contribution in [0.3, 0.4) is 0 Å². The number of hydrogen-bond donors (Lipinski definition) is 0. The minimum atomic E-state index is -0.422. The van der Waals surface area contributed by atoms with Crippen molar-refractivity contribution < 1.29 is 14.6 Å². The molecule has 0 unspecified atom stereocenters. The number of unbranched alkanes of at least 4 members (excludes halogenated alkanes) is 2. The molecule has 0 aliphatic rings. The lowest BCUT2D eigenvalue weighted by molar-refractivity contribution is -0.241. The highest BCUT2D eigenvalue weighted by Crippen LogP contribution is 2.08. The molecule has 3 heteroatoms. The molecule has 0 aliphatic heterocycles. The molecule has 1 aromatic rings. The van der Waals surface area contributed by atoms with E-state index < -0.39 is 5.97 Å². The number of benzene rings is 1. The minimum Gasteiger partial charge on any atom is -0.293 e. The smallest absolute Gasteiger partial charge is 0.293 e. The highest BCUT2D eigenvalue weighted by Gasteiger charge is 2.07. The Labute approximate surface area is 109 Å². The zero-order valence-corrected chi connectivity index (χ0v) is 11.3. The van der Waals surface area contributed by atoms with Gasteiger partial charge in [-0.2, -0.15) is 4.89 Å². The van der Waals surface area contributed by atoms with E-state index in [1.54, 1.807) is 12.1 Å². The van der Waals surface area contributed by atoms with Gasteiger partial charge in [-0.25, -0.2) is 4.79 Å². The van der Waals surface area contributed by atoms with Crippen molar-refractivity contribution in [3.05, 3.63) is 35.4 Å². The van der Waals surface area contributed by atoms with Crippen LogP contribution >= 0.6 is 0 Å². The molecule has 0 heterocycles. The molecular formula is C15H22O3. The zero-order chi connectivity index (χ0) is 13.2. The summed E-state index contributed by atoms with van der Waals surface area (Å²) in [6.45, 7) is 4.71. The molecule has 1 aromatic carbocycles. The third kappa shape index (κ3) is 5.32. The van der Waals surface area contributed by atoms with Crippen molar-refractivity contribution in [2.75, 3.05) is 6.61 Å². The summed E-state index contributed by atoms with van der Waals surface area (Å²) in [6, 6.07) is 7.47. The van der Waals surface area contributed by atoms with Gasteiger partial charge in [0.15, 0.2) is 0 Å². The van der Waals surface area contributed by atoms with Crippen LogP contribution < -0.4 is 0 Å². The van der Waals surface area contributed by atoms with Crippen molar-refractivity contribution in [2.24, 2.45) is 0 Å². The van der Waals surface area contributed by atoms with Crippen LogP contribution in [-0.4, -0.2) is 12.6 Å². The molecule has 0 fully saturated rings. The first-order valence-corrected chi connectivity index (χ1v) is 6.70. The Morgan fingerprint density at radius 2 is 1.78 bits per heavy atom. The summed E-state index contributed by atoms with van der Waals surface area (Å²) in [5, 5.41) is 0. The van der Waals surface area contributed by atoms with E-state index in [0.717, 1.165) is 32.1 Å². The average molecular weight is 250 g/mol. The van der Waals surface area contributed by atoms with Crippen molar-refractivity contribution >= 4 is 5.97 Å². The van der Waals surface area contributed by atoms with Crippen molar-refractivity contribution in [1.82, 2.24) is 0 Å². The first-order valence-electron chi connectivity index (χ1n) is 6.70. The maximum absolute atomic E-state index is 11.6. The van der Waals surface area contributed by atoms with Crippen LogP contribution in [0.15, 0.2) is 24.3 Å². The summed E-state index contributed by atoms with van der Waals surface area (Å²) < 4.78 is 0. The van der Waals surface area contributed by atoms with Gasteiger partial charge >= 0.3 is 5.97 Å². The molecule has 0 saturated carbocycles. The molecule has 0 saturated heterocycles. The van der Waals surface area contributed by atoms with Crippen LogP contribution in [0.5, 0.6) is 0 Å². The third-order valence-electron chi connectivity index (χ3n) is 2.69. The van der Waals surface area contributed by atoms with Gasteiger partial charge in [-0.05, 0) is 30.5 Å². The number of aryl methyl sites for hydroxylation is 1. The van der Waals surface area contributed by atoms with E-state index in [2.05, 4.69) is 13.8 Å². The molecule has 0 spiro atoms. The SMILES string of the molecule is CCCCCOOC(=O)c1ccc(CCC)cc1. The molecule has 0 atom stereocenters. The van der Waals surface area contributed by atoms with Gasteiger partial charge in [0.2, 0.25) is 0 Å². The maximum Gasteiger partial charge on any atom is 0.373 e. The molecule has 1 rings (SSSR count). The van der Waals surface area contributed by atoms with E-state index >= 15 is 0 Å². The lowest BCUT2D eigenvalue weighted by Crippen LogP contribution is -2.07. The van der Waals surface area contributed by atoms with E-state index in [-0.39, 0.29) is 0 Å². The van der Waals surface area contributed by atoms with Crippen molar-refractivity contribution in [1.29, 1.82) is 0 Å². The summed E-state index contributed by atoms with van der Waals surface area (Å²) in [5.74, 6) is -0.422. The van der Waals surface area contributed by atoms with E-state index in [1.165, 1.54) is 5.56 Å². The van der Waals surface area contributed by atoms with Gasteiger partial charge in [-0.3, -0.25) is 4.89 Å². The first-order chi connectivity index (χ1) is 8.77. The molecule has 0 bridgehead atoms. The Morgan fingerprint density at radius 3 is 2.39 bits per heavy atom. The fourth-order valence-electron chi connectivity index (χ4n) is 1.65. The van der Waals surface area contributed by atoms with E-state index in [0.29, 0.717) is 12.2 Å². The molecule has 100 valence electrons. The third-order valence-corrected chi connectivity index (χ3v) is 2.69. The Bertz CT molecular complexity index is 343. The topological polar surface area (TPSA) is 35.5 Å². The van der Waals surface area contributed by atoms with Gasteiger partial charge < -0.3 is 0 Å². The van der Waals surface area contributed by atoms with Crippen molar-refractivity contribution in [2.45, 2.75) is 46.0 Å². The minimum absolute atomic E-state index is 0.422. The normalized spacial score (nSPS) is 10.3. The van der Waals surface area contributed by atoms with Crippen molar-refractivity contribution in [3.8, 4) is 0 Å². The molecule has 0 N–H and O–H groups in total. The second-order valence-electron chi connectivity index (χ2n) is 4.35. The summed E-state index contributed by atoms with van der Waals surface area (Å²) in [6.07, 6.45) is 5.26. The highest BCUT2D eigenvalue weighted by atomic mass is 17.2. The molecule has 18 heavy (non-hydrogen) atoms. The van der Waals surface area contributed by atoms with Crippen LogP contribution in [0.4, 0.5) is 0 Å². The summed E-state index contributed by atoms with van der Waals surface area (Å²) in [5.41, 5.74) is 1.77. The number of rotatable bonds is 8. The Kier molecular flexibility index (Phi) is 7.11. The van der Waals surface area contributed by atoms with E-state index in [9.17, 15) is 4.79 Å². The van der Waals surface area contributed by atoms with Crippen LogP contribution in [0.25, 0.3) is 0 Å². The fraction of sp³-hybridized carbons (Fsp3) is 0.533. The first kappa shape index (κ1) is 14.7. The van der Waals surface area contributed by atoms with Crippen LogP contribution in [-0.2, 0) is 16.2 Å². The van der Waals surface area contributed by atoms with Crippen LogP contribution in [0, 0.1) is 0 Å². The predicted octanol–water partition coefficient (Wildman–Crippen LogP) is 3.92. The lowest BCUT2D eigenvalue weighted by atomic mass is 10.1. The molecule has 0 aromatic heterocycles. The Balaban J connectivity index is 2.32. The van der Waals surface area contributed by atoms with Gasteiger partial charge in [0.05, 0.1) is 12.2 Å². The van der Waals surface area contributed by atoms with Gasteiger partial charge in [-0.15, -0.1) is 0 Å². The second-order valence-corrected chi connectivity index (χ2v) is 4.35. The van der Waals surface area contributed by atoms with E-state index in [4.69, 9.17) is 9.78 Å². The quantitative estimate of drug-likeness (QED) is 0.398. The molecule has 0 aliphatic carbocycles. The average Bonchev–Trinajstić information content (AvgIpc) is 2.39. The number of carbonyl (C=O) groups is 1. The van der Waals surface area contributed by atoms with Gasteiger partial charge in [0.1, 0.15) is 0 Å². The van der Waals surface area contributed by atoms with Crippen LogP contribution in [0.1, 0.15) is 55.5 Å². The molecule has 3 nitrogen and oxygen atoms in total. The van der Waals surface area contributed by atoms with Gasteiger partial charge in [0, 0.05) is 0 Å². The number of carbonyl (C=O) groups excluding carboxylic acids is 1. The zero-order valence-electron chi connectivity index (χ0n) is 11.3. The van der Waals surface area contributed by atoms with Crippen molar-refractivity contribution in [3.63, 3.8) is 0 Å². The molecule has 0 radical (unpaired) electrons. The highest BCUT2D eigenvalue weighted by molar-refractivity contribution is 5.88. The van der Waals surface area contributed by atoms with Crippen LogP contribution in [0.2, 0.25) is 0 Å². The Hall–Kier alpha value is -1.35. The molecule has 0 amide bonds. The monoisotopic (exact) mass is 250 g/mol. The standard InChI is InChI=1S/C15H22O3/c1-3-5-6-12-17-18-15(16)14-10-8-13(7-4-2)9-11-14/h8-11H,3-7,12H2,1-2H3. The summed E-state index contributed by atoms with van der Waals surface area (Å²) in [4.78, 5) is 21.2. The largest absolute Gasteiger partial charge is 0.373 e. The fourth-order valence-corrected chi connectivity index (χ4v) is 1.65. The van der Waals surface area contributed by atoms with Gasteiger partial charge in [0.25, 0.3) is 0 Å². The summed E-state index contributed by atoms with van der Waals surface area (Å²) in [7, 11) is 0. The summed E-state index contributed by atoms with van der Waals surface area (Å²) >= 11 is 0. The molecular weight excluding hydrogens is 228 g/mol. The predicted molar refractivity (Wildman–Crippen MR) is 71.3 cm³/mol. The Morgan fingerprint density at radius 1 is 1.06 bits per heavy atom. The second kappa shape index (κ2) is 8.70. The van der Waals surface area contributed by atoms with Gasteiger partial charge in [-0.1, -0.05) is 45.2 Å². The maximum atomic E-state index is 11.6. The lowest BCUT2D eigenvalue weighted by Gasteiger charge is -2.04. The van der Waals surface area contributed by atoms with E-state index in [1.807, 2.05) is 12.1 Å². The number of hydrogen-bond acceptors (Lipinski definition) is 3.